The van der Waals surface area contributed by atoms with Gasteiger partial charge in [-0.25, -0.2) is 0 Å². The maximum Gasteiger partial charge on any atom is 0.261 e. The van der Waals surface area contributed by atoms with Crippen LogP contribution in [0, 0.1) is 22.7 Å². The summed E-state index contributed by atoms with van der Waals surface area (Å²) >= 11 is 3.35. The summed E-state index contributed by atoms with van der Waals surface area (Å²) in [6, 6.07) is 9.05. The van der Waals surface area contributed by atoms with E-state index in [1.807, 2.05) is 19.1 Å². The topological polar surface area (TPSA) is 67.9 Å². The molecular weight excluding hydrogens is 306 g/mol. The minimum Gasteiger partial charge on any atom is -0.308 e. The van der Waals surface area contributed by atoms with E-state index in [9.17, 15) is 4.79 Å². The first-order chi connectivity index (χ1) is 9.13. The third-order valence-electron chi connectivity index (χ3n) is 2.90. The molecule has 4 nitrogen and oxygen atoms in total. The number of anilines is 1. The molecule has 1 aliphatic rings. The normalized spacial score (nSPS) is 12.9. The van der Waals surface area contributed by atoms with Crippen molar-refractivity contribution in [1.29, 1.82) is 10.5 Å². The van der Waals surface area contributed by atoms with Crippen LogP contribution in [0.5, 0.6) is 0 Å². The highest BCUT2D eigenvalue weighted by atomic mass is 79.9. The smallest absolute Gasteiger partial charge is 0.261 e. The monoisotopic (exact) mass is 315 g/mol. The van der Waals surface area contributed by atoms with Crippen molar-refractivity contribution < 1.29 is 4.79 Å². The maximum absolute atomic E-state index is 12.4. The van der Waals surface area contributed by atoms with Crippen molar-refractivity contribution in [3.05, 3.63) is 33.8 Å². The van der Waals surface area contributed by atoms with Crippen LogP contribution in [-0.4, -0.2) is 12.5 Å². The molecule has 0 aliphatic carbocycles. The first-order valence-electron chi connectivity index (χ1n) is 5.80. The van der Waals surface area contributed by atoms with Crippen LogP contribution in [0.15, 0.2) is 28.2 Å². The van der Waals surface area contributed by atoms with E-state index in [1.54, 1.807) is 23.1 Å². The molecule has 1 aliphatic heterocycles. The summed E-state index contributed by atoms with van der Waals surface area (Å²) in [6.07, 6.45) is 0.808. The summed E-state index contributed by atoms with van der Waals surface area (Å²) in [7, 11) is 0. The van der Waals surface area contributed by atoms with Crippen LogP contribution in [0.25, 0.3) is 5.57 Å². The van der Waals surface area contributed by atoms with Crippen LogP contribution >= 0.6 is 15.9 Å². The first-order valence-corrected chi connectivity index (χ1v) is 6.59. The summed E-state index contributed by atoms with van der Waals surface area (Å²) in [5.74, 6) is -0.270. The minimum absolute atomic E-state index is 0.136. The van der Waals surface area contributed by atoms with Crippen LogP contribution < -0.4 is 4.90 Å². The Balaban J connectivity index is 2.72. The van der Waals surface area contributed by atoms with Crippen LogP contribution in [0.1, 0.15) is 18.9 Å². The third kappa shape index (κ3) is 2.14. The fourth-order valence-electron chi connectivity index (χ4n) is 2.13. The SMILES string of the molecule is CCCN1C(=O)C(=C(C#N)C#N)c2cc(Br)ccc21. The predicted octanol–water partition coefficient (Wildman–Crippen LogP) is 3.01. The average molecular weight is 316 g/mol. The zero-order chi connectivity index (χ0) is 14.0. The molecule has 0 saturated heterocycles. The zero-order valence-corrected chi connectivity index (χ0v) is 11.9. The van der Waals surface area contributed by atoms with E-state index in [1.165, 1.54) is 0 Å². The lowest BCUT2D eigenvalue weighted by Crippen LogP contribution is -2.27. The molecule has 1 aromatic carbocycles. The van der Waals surface area contributed by atoms with E-state index in [0.29, 0.717) is 12.1 Å². The van der Waals surface area contributed by atoms with Crippen molar-refractivity contribution in [1.82, 2.24) is 0 Å². The first kappa shape index (κ1) is 13.3. The average Bonchev–Trinajstić information content (AvgIpc) is 2.66. The largest absolute Gasteiger partial charge is 0.308 e. The molecule has 0 radical (unpaired) electrons. The number of carbonyl (C=O) groups is 1. The Bertz CT molecular complexity index is 648. The van der Waals surface area contributed by atoms with E-state index < -0.39 is 0 Å². The fourth-order valence-corrected chi connectivity index (χ4v) is 2.49. The van der Waals surface area contributed by atoms with Crippen molar-refractivity contribution in [2.75, 3.05) is 11.4 Å². The number of fused-ring (bicyclic) bond motifs is 1. The van der Waals surface area contributed by atoms with Gasteiger partial charge in [-0.05, 0) is 24.6 Å². The van der Waals surface area contributed by atoms with Crippen molar-refractivity contribution in [2.24, 2.45) is 0 Å². The fraction of sp³-hybridized carbons (Fsp3) is 0.214. The highest BCUT2D eigenvalue weighted by molar-refractivity contribution is 9.10. The second-order valence-electron chi connectivity index (χ2n) is 4.09. The van der Waals surface area contributed by atoms with E-state index in [-0.39, 0.29) is 17.1 Å². The van der Waals surface area contributed by atoms with Gasteiger partial charge in [-0.2, -0.15) is 10.5 Å². The summed E-state index contributed by atoms with van der Waals surface area (Å²) in [6.45, 7) is 2.55. The molecule has 0 spiro atoms. The molecule has 0 N–H and O–H groups in total. The molecule has 1 amide bonds. The number of allylic oxidation sites excluding steroid dienone is 1. The lowest BCUT2D eigenvalue weighted by Gasteiger charge is -2.15. The standard InChI is InChI=1S/C14H10BrN3O/c1-2-5-18-12-4-3-10(15)6-11(12)13(14(18)19)9(7-16)8-17/h3-4,6H,2,5H2,1H3. The van der Waals surface area contributed by atoms with E-state index in [2.05, 4.69) is 15.9 Å². The Morgan fingerprint density at radius 1 is 1.37 bits per heavy atom. The number of hydrogen-bond acceptors (Lipinski definition) is 3. The molecule has 1 heterocycles. The number of halogens is 1. The van der Waals surface area contributed by atoms with Crippen LogP contribution in [-0.2, 0) is 4.79 Å². The van der Waals surface area contributed by atoms with Gasteiger partial charge in [-0.1, -0.05) is 22.9 Å². The molecule has 19 heavy (non-hydrogen) atoms. The van der Waals surface area contributed by atoms with Gasteiger partial charge in [0.1, 0.15) is 17.7 Å². The Labute approximate surface area is 119 Å². The van der Waals surface area contributed by atoms with E-state index >= 15 is 0 Å². The number of carbonyl (C=O) groups excluding carboxylic acids is 1. The van der Waals surface area contributed by atoms with E-state index in [4.69, 9.17) is 10.5 Å². The number of rotatable bonds is 2. The van der Waals surface area contributed by atoms with Gasteiger partial charge in [0.2, 0.25) is 0 Å². The molecule has 0 fully saturated rings. The van der Waals surface area contributed by atoms with Crippen molar-refractivity contribution in [3.8, 4) is 12.1 Å². The number of nitrogens with zero attached hydrogens (tertiary/aromatic N) is 3. The Hall–Kier alpha value is -2.11. The number of hydrogen-bond donors (Lipinski definition) is 0. The van der Waals surface area contributed by atoms with Crippen molar-refractivity contribution >= 4 is 33.1 Å². The summed E-state index contributed by atoms with van der Waals surface area (Å²) in [5.41, 5.74) is 1.47. The molecule has 0 unspecified atom stereocenters. The molecular formula is C14H10BrN3O. The summed E-state index contributed by atoms with van der Waals surface area (Å²) in [5, 5.41) is 18.0. The molecule has 0 bridgehead atoms. The van der Waals surface area contributed by atoms with Gasteiger partial charge in [0.05, 0.1) is 11.3 Å². The van der Waals surface area contributed by atoms with E-state index in [0.717, 1.165) is 16.6 Å². The molecule has 1 aromatic rings. The van der Waals surface area contributed by atoms with Crippen molar-refractivity contribution in [3.63, 3.8) is 0 Å². The van der Waals surface area contributed by atoms with Gasteiger partial charge in [0, 0.05) is 16.6 Å². The van der Waals surface area contributed by atoms with Gasteiger partial charge < -0.3 is 4.90 Å². The Morgan fingerprint density at radius 3 is 2.63 bits per heavy atom. The van der Waals surface area contributed by atoms with Crippen LogP contribution in [0.4, 0.5) is 5.69 Å². The predicted molar refractivity (Wildman–Crippen MR) is 74.9 cm³/mol. The molecule has 0 atom stereocenters. The number of nitriles is 2. The van der Waals surface area contributed by atoms with Gasteiger partial charge >= 0.3 is 0 Å². The van der Waals surface area contributed by atoms with Crippen molar-refractivity contribution in [2.45, 2.75) is 13.3 Å². The maximum atomic E-state index is 12.4. The van der Waals surface area contributed by atoms with Gasteiger partial charge in [-0.3, -0.25) is 4.79 Å². The number of benzene rings is 1. The minimum atomic E-state index is -0.270. The van der Waals surface area contributed by atoms with Gasteiger partial charge in [0.15, 0.2) is 0 Å². The second kappa shape index (κ2) is 5.26. The van der Waals surface area contributed by atoms with Crippen LogP contribution in [0.3, 0.4) is 0 Å². The quantitative estimate of drug-likeness (QED) is 0.622. The number of amides is 1. The third-order valence-corrected chi connectivity index (χ3v) is 3.39. The van der Waals surface area contributed by atoms with Crippen LogP contribution in [0.2, 0.25) is 0 Å². The molecule has 0 saturated carbocycles. The summed E-state index contributed by atoms with van der Waals surface area (Å²) < 4.78 is 0.810. The highest BCUT2D eigenvalue weighted by Crippen LogP contribution is 2.39. The molecule has 2 rings (SSSR count). The summed E-state index contributed by atoms with van der Waals surface area (Å²) in [4.78, 5) is 14.0. The molecule has 5 heteroatoms. The Kier molecular flexibility index (Phi) is 3.69. The highest BCUT2D eigenvalue weighted by Gasteiger charge is 2.34. The lowest BCUT2D eigenvalue weighted by molar-refractivity contribution is -0.113. The molecule has 0 aromatic heterocycles. The van der Waals surface area contributed by atoms with Gasteiger partial charge in [0.25, 0.3) is 5.91 Å². The second-order valence-corrected chi connectivity index (χ2v) is 5.01. The van der Waals surface area contributed by atoms with Gasteiger partial charge in [-0.15, -0.1) is 0 Å². The Morgan fingerprint density at radius 2 is 2.05 bits per heavy atom. The lowest BCUT2D eigenvalue weighted by atomic mass is 10.0. The molecule has 94 valence electrons. The zero-order valence-electron chi connectivity index (χ0n) is 10.3.